The Morgan fingerprint density at radius 2 is 1.11 bits per heavy atom. The van der Waals surface area contributed by atoms with Gasteiger partial charge in [-0.2, -0.15) is 0 Å². The lowest BCUT2D eigenvalue weighted by Gasteiger charge is -2.30. The normalized spacial score (nSPS) is 13.8. The highest BCUT2D eigenvalue weighted by Gasteiger charge is 2.39. The summed E-state index contributed by atoms with van der Waals surface area (Å²) in [5.41, 5.74) is 20.5. The van der Waals surface area contributed by atoms with E-state index in [0.29, 0.717) is 0 Å². The molecule has 1 aliphatic carbocycles. The van der Waals surface area contributed by atoms with Crippen molar-refractivity contribution < 1.29 is 0 Å². The molecular formula is C55H41BN. The number of nitrogens with one attached hydrogen (secondary N) is 1. The molecule has 0 amide bonds. The molecule has 269 valence electrons. The van der Waals surface area contributed by atoms with Gasteiger partial charge in [-0.3, -0.25) is 0 Å². The predicted molar refractivity (Wildman–Crippen MR) is 244 cm³/mol. The minimum Gasteiger partial charge on any atom is -0.355 e. The van der Waals surface area contributed by atoms with Crippen LogP contribution < -0.4 is 16.2 Å². The maximum Gasteiger partial charge on any atom is 0.193 e. The molecular weight excluding hydrogens is 685 g/mol. The first-order chi connectivity index (χ1) is 27.9. The summed E-state index contributed by atoms with van der Waals surface area (Å²) >= 11 is 0. The van der Waals surface area contributed by atoms with Crippen LogP contribution in [0.5, 0.6) is 0 Å². The number of anilines is 2. The second-order valence-electron chi connectivity index (χ2n) is 16.8. The SMILES string of the molecule is CC(C)(C)c1ccc(Nc2cc3ccccc3cc2-c2c3c(cc4ccccc24)[C@H]2c4ccc(-c5ccccc5)cc4-c4cc(-c5ccccc5)cc(c42)[B]3)cc1. The first kappa shape index (κ1) is 33.7. The second-order valence-corrected chi connectivity index (χ2v) is 16.8. The fourth-order valence-corrected chi connectivity index (χ4v) is 9.45. The van der Waals surface area contributed by atoms with Crippen LogP contribution in [0.25, 0.3) is 66.1 Å². The summed E-state index contributed by atoms with van der Waals surface area (Å²) in [5, 5.41) is 8.88. The van der Waals surface area contributed by atoms with Gasteiger partial charge in [0, 0.05) is 22.9 Å². The van der Waals surface area contributed by atoms with Gasteiger partial charge in [0.05, 0.1) is 0 Å². The molecule has 2 heteroatoms. The van der Waals surface area contributed by atoms with Gasteiger partial charge in [-0.1, -0.05) is 177 Å². The zero-order valence-corrected chi connectivity index (χ0v) is 32.5. The highest BCUT2D eigenvalue weighted by Crippen LogP contribution is 2.52. The summed E-state index contributed by atoms with van der Waals surface area (Å²) in [6.07, 6.45) is 0. The molecule has 0 saturated carbocycles. The smallest absolute Gasteiger partial charge is 0.193 e. The van der Waals surface area contributed by atoms with Gasteiger partial charge >= 0.3 is 0 Å². The van der Waals surface area contributed by atoms with Gasteiger partial charge < -0.3 is 5.32 Å². The van der Waals surface area contributed by atoms with E-state index in [9.17, 15) is 0 Å². The molecule has 0 saturated heterocycles. The highest BCUT2D eigenvalue weighted by molar-refractivity contribution is 6.71. The molecule has 0 spiro atoms. The standard InChI is InChI=1S/C55H41BN/c1-55(2,3)41-23-25-42(26-24-41)57-50-33-37-19-11-10-18-36(37)29-47(50)52-43-21-13-12-20-39(43)30-48-51-44-27-22-38(34-14-6-4-7-15-34)28-45(44)46-31-40(35-16-8-5-9-17-35)32-49(53(46)51)56-54(48)52/h4-33,51,57H,1-3H3/t51-/m1/s1. The first-order valence-electron chi connectivity index (χ1n) is 20.1. The van der Waals surface area contributed by atoms with Crippen molar-refractivity contribution in [3.8, 4) is 44.5 Å². The lowest BCUT2D eigenvalue weighted by atomic mass is 9.52. The molecule has 1 atom stereocenters. The number of rotatable bonds is 5. The van der Waals surface area contributed by atoms with Crippen molar-refractivity contribution in [1.82, 2.24) is 0 Å². The van der Waals surface area contributed by atoms with Gasteiger partial charge in [-0.15, -0.1) is 0 Å². The van der Waals surface area contributed by atoms with Gasteiger partial charge in [-0.05, 0) is 125 Å². The van der Waals surface area contributed by atoms with Crippen LogP contribution in [0, 0.1) is 0 Å². The van der Waals surface area contributed by atoms with Crippen molar-refractivity contribution in [2.24, 2.45) is 0 Å². The third-order valence-corrected chi connectivity index (χ3v) is 12.3. The van der Waals surface area contributed by atoms with Crippen molar-refractivity contribution >= 4 is 51.1 Å². The monoisotopic (exact) mass is 726 g/mol. The Morgan fingerprint density at radius 3 is 1.82 bits per heavy atom. The van der Waals surface area contributed by atoms with E-state index in [0.717, 1.165) is 11.4 Å². The van der Waals surface area contributed by atoms with E-state index in [2.05, 4.69) is 215 Å². The summed E-state index contributed by atoms with van der Waals surface area (Å²) in [6, 6.07) is 67.6. The van der Waals surface area contributed by atoms with Crippen molar-refractivity contribution in [2.75, 3.05) is 5.32 Å². The number of hydrogen-bond acceptors (Lipinski definition) is 1. The molecule has 1 aliphatic heterocycles. The molecule has 0 unspecified atom stereocenters. The molecule has 0 aromatic heterocycles. The molecule has 11 rings (SSSR count). The predicted octanol–water partition coefficient (Wildman–Crippen LogP) is 13.2. The molecule has 57 heavy (non-hydrogen) atoms. The maximum atomic E-state index is 3.92. The maximum absolute atomic E-state index is 3.92. The Bertz CT molecular complexity index is 3030. The Morgan fingerprint density at radius 1 is 0.474 bits per heavy atom. The molecule has 2 aliphatic rings. The van der Waals surface area contributed by atoms with Gasteiger partial charge in [0.1, 0.15) is 0 Å². The van der Waals surface area contributed by atoms with Gasteiger partial charge in [0.2, 0.25) is 0 Å². The van der Waals surface area contributed by atoms with Crippen LogP contribution >= 0.6 is 0 Å². The summed E-state index contributed by atoms with van der Waals surface area (Å²) in [5.74, 6) is 0.116. The van der Waals surface area contributed by atoms with Gasteiger partial charge in [-0.25, -0.2) is 0 Å². The Labute approximate surface area is 335 Å². The van der Waals surface area contributed by atoms with E-state index < -0.39 is 0 Å². The molecule has 1 heterocycles. The zero-order chi connectivity index (χ0) is 38.3. The largest absolute Gasteiger partial charge is 0.355 e. The molecule has 9 aromatic carbocycles. The molecule has 1 nitrogen and oxygen atoms in total. The summed E-state index contributed by atoms with van der Waals surface area (Å²) in [7, 11) is 2.50. The minimum atomic E-state index is 0.0863. The number of benzene rings is 9. The molecule has 0 fully saturated rings. The summed E-state index contributed by atoms with van der Waals surface area (Å²) < 4.78 is 0. The van der Waals surface area contributed by atoms with E-state index in [4.69, 9.17) is 0 Å². The Hall–Kier alpha value is -6.64. The third kappa shape index (κ3) is 5.62. The van der Waals surface area contributed by atoms with Crippen LogP contribution in [0.1, 0.15) is 48.9 Å². The Balaban J connectivity index is 1.17. The third-order valence-electron chi connectivity index (χ3n) is 12.3. The molecule has 9 aromatic rings. The quantitative estimate of drug-likeness (QED) is 0.174. The number of fused-ring (bicyclic) bond motifs is 7. The average Bonchev–Trinajstić information content (AvgIpc) is 3.58. The van der Waals surface area contributed by atoms with Crippen LogP contribution in [0.15, 0.2) is 182 Å². The highest BCUT2D eigenvalue weighted by atomic mass is 14.9. The second kappa shape index (κ2) is 13.0. The van der Waals surface area contributed by atoms with Crippen LogP contribution in [0.2, 0.25) is 0 Å². The van der Waals surface area contributed by atoms with Crippen LogP contribution in [0.3, 0.4) is 0 Å². The lowest BCUT2D eigenvalue weighted by Crippen LogP contribution is -2.40. The molecule has 1 radical (unpaired) electrons. The van der Waals surface area contributed by atoms with Gasteiger partial charge in [0.15, 0.2) is 7.28 Å². The van der Waals surface area contributed by atoms with Crippen LogP contribution in [0.4, 0.5) is 11.4 Å². The van der Waals surface area contributed by atoms with Gasteiger partial charge in [0.25, 0.3) is 0 Å². The van der Waals surface area contributed by atoms with Crippen molar-refractivity contribution in [1.29, 1.82) is 0 Å². The zero-order valence-electron chi connectivity index (χ0n) is 32.5. The van der Waals surface area contributed by atoms with E-state index in [1.165, 1.54) is 99.2 Å². The molecule has 0 bridgehead atoms. The fraction of sp³-hybridized carbons (Fsp3) is 0.0909. The van der Waals surface area contributed by atoms with E-state index in [-0.39, 0.29) is 11.3 Å². The van der Waals surface area contributed by atoms with Crippen molar-refractivity contribution in [3.05, 3.63) is 204 Å². The number of hydrogen-bond donors (Lipinski definition) is 1. The Kier molecular flexibility index (Phi) is 7.66. The first-order valence-corrected chi connectivity index (χ1v) is 20.1. The average molecular weight is 727 g/mol. The topological polar surface area (TPSA) is 12.0 Å². The summed E-state index contributed by atoms with van der Waals surface area (Å²) in [6.45, 7) is 6.81. The van der Waals surface area contributed by atoms with Crippen molar-refractivity contribution in [3.63, 3.8) is 0 Å². The van der Waals surface area contributed by atoms with E-state index in [1.54, 1.807) is 0 Å². The lowest BCUT2D eigenvalue weighted by molar-refractivity contribution is 0.590. The van der Waals surface area contributed by atoms with E-state index >= 15 is 0 Å². The molecule has 1 N–H and O–H groups in total. The van der Waals surface area contributed by atoms with E-state index in [1.807, 2.05) is 0 Å². The summed E-state index contributed by atoms with van der Waals surface area (Å²) in [4.78, 5) is 0. The van der Waals surface area contributed by atoms with Crippen molar-refractivity contribution in [2.45, 2.75) is 32.1 Å². The fourth-order valence-electron chi connectivity index (χ4n) is 9.45. The van der Waals surface area contributed by atoms with Crippen LogP contribution in [-0.2, 0) is 5.41 Å². The minimum absolute atomic E-state index is 0.0863. The van der Waals surface area contributed by atoms with Crippen LogP contribution in [-0.4, -0.2) is 7.28 Å².